The van der Waals surface area contributed by atoms with Crippen molar-refractivity contribution in [2.75, 3.05) is 0 Å². The third-order valence-corrected chi connectivity index (χ3v) is 3.94. The van der Waals surface area contributed by atoms with E-state index in [0.717, 1.165) is 21.8 Å². The Labute approximate surface area is 137 Å². The van der Waals surface area contributed by atoms with Crippen LogP contribution in [0.15, 0.2) is 67.0 Å². The van der Waals surface area contributed by atoms with E-state index in [1.165, 1.54) is 4.57 Å². The van der Waals surface area contributed by atoms with E-state index in [2.05, 4.69) is 15.8 Å². The monoisotopic (exact) mass is 318 g/mol. The van der Waals surface area contributed by atoms with Crippen molar-refractivity contribution in [3.63, 3.8) is 0 Å². The molecule has 0 saturated heterocycles. The van der Waals surface area contributed by atoms with Crippen LogP contribution in [0.4, 0.5) is 4.79 Å². The lowest BCUT2D eigenvalue weighted by atomic mass is 10.2. The number of H-pyrrole nitrogens is 1. The van der Waals surface area contributed by atoms with Crippen LogP contribution in [0.5, 0.6) is 0 Å². The summed E-state index contributed by atoms with van der Waals surface area (Å²) in [6, 6.07) is 16.4. The zero-order valence-corrected chi connectivity index (χ0v) is 12.6. The molecule has 0 aliphatic heterocycles. The van der Waals surface area contributed by atoms with Gasteiger partial charge in [-0.05, 0) is 18.2 Å². The number of benzene rings is 2. The maximum absolute atomic E-state index is 12.3. The minimum absolute atomic E-state index is 0.378. The molecule has 118 valence electrons. The van der Waals surface area contributed by atoms with Gasteiger partial charge in [0.1, 0.15) is 0 Å². The quantitative estimate of drug-likeness (QED) is 0.472. The first-order valence-electron chi connectivity index (χ1n) is 7.47. The highest BCUT2D eigenvalue weighted by Crippen LogP contribution is 2.17. The molecule has 0 saturated carbocycles. The van der Waals surface area contributed by atoms with Gasteiger partial charge in [0.15, 0.2) is 0 Å². The molecule has 3 N–H and O–H groups in total. The molecular formula is C18H14N4O2. The van der Waals surface area contributed by atoms with E-state index in [1.54, 1.807) is 12.4 Å². The Morgan fingerprint density at radius 1 is 0.917 bits per heavy atom. The van der Waals surface area contributed by atoms with Gasteiger partial charge >= 0.3 is 6.03 Å². The number of hydrogen-bond acceptors (Lipinski definition) is 2. The van der Waals surface area contributed by atoms with Gasteiger partial charge < -0.3 is 4.98 Å². The SMILES string of the molecule is O=C(NNC(=O)n1ccc2ccccc21)c1c[nH]c2ccccc12. The number of hydrazine groups is 1. The van der Waals surface area contributed by atoms with Crippen LogP contribution >= 0.6 is 0 Å². The average molecular weight is 318 g/mol. The molecule has 4 aromatic rings. The molecular weight excluding hydrogens is 304 g/mol. The van der Waals surface area contributed by atoms with Crippen molar-refractivity contribution in [1.82, 2.24) is 20.4 Å². The van der Waals surface area contributed by atoms with E-state index in [4.69, 9.17) is 0 Å². The molecule has 24 heavy (non-hydrogen) atoms. The zero-order chi connectivity index (χ0) is 16.5. The summed E-state index contributed by atoms with van der Waals surface area (Å²) in [5, 5.41) is 1.76. The molecule has 0 radical (unpaired) electrons. The summed E-state index contributed by atoms with van der Waals surface area (Å²) in [7, 11) is 0. The van der Waals surface area contributed by atoms with Gasteiger partial charge in [0.05, 0.1) is 11.1 Å². The van der Waals surface area contributed by atoms with E-state index in [9.17, 15) is 9.59 Å². The molecule has 0 aliphatic rings. The van der Waals surface area contributed by atoms with Crippen LogP contribution in [0.3, 0.4) is 0 Å². The number of para-hydroxylation sites is 2. The topological polar surface area (TPSA) is 78.9 Å². The molecule has 6 heteroatoms. The molecule has 2 aromatic carbocycles. The second-order valence-electron chi connectivity index (χ2n) is 5.38. The predicted molar refractivity (Wildman–Crippen MR) is 91.6 cm³/mol. The van der Waals surface area contributed by atoms with Gasteiger partial charge in [0, 0.05) is 28.7 Å². The number of nitrogens with one attached hydrogen (secondary N) is 3. The summed E-state index contributed by atoms with van der Waals surface area (Å²) < 4.78 is 1.45. The number of rotatable bonds is 1. The van der Waals surface area contributed by atoms with Gasteiger partial charge in [-0.15, -0.1) is 0 Å². The second kappa shape index (κ2) is 5.58. The van der Waals surface area contributed by atoms with Gasteiger partial charge in [0.25, 0.3) is 5.91 Å². The number of aromatic amines is 1. The van der Waals surface area contributed by atoms with Gasteiger partial charge in [-0.1, -0.05) is 36.4 Å². The van der Waals surface area contributed by atoms with Crippen molar-refractivity contribution >= 4 is 33.7 Å². The molecule has 0 aliphatic carbocycles. The standard InChI is InChI=1S/C18H14N4O2/c23-17(14-11-19-15-7-3-2-6-13(14)15)20-21-18(24)22-10-9-12-5-1-4-8-16(12)22/h1-11,19H,(H,20,23)(H,21,24). The minimum atomic E-state index is -0.426. The first-order chi connectivity index (χ1) is 11.7. The Balaban J connectivity index is 1.52. The van der Waals surface area contributed by atoms with Crippen molar-refractivity contribution < 1.29 is 9.59 Å². The highest BCUT2D eigenvalue weighted by molar-refractivity contribution is 6.07. The number of carbonyl (C=O) groups excluding carboxylic acids is 2. The fourth-order valence-corrected chi connectivity index (χ4v) is 2.76. The first kappa shape index (κ1) is 14.1. The lowest BCUT2D eigenvalue weighted by Gasteiger charge is -2.08. The van der Waals surface area contributed by atoms with Gasteiger partial charge in [-0.2, -0.15) is 0 Å². The minimum Gasteiger partial charge on any atom is -0.360 e. The third-order valence-electron chi connectivity index (χ3n) is 3.94. The molecule has 0 atom stereocenters. The number of aromatic nitrogens is 2. The van der Waals surface area contributed by atoms with Crippen LogP contribution in [0.25, 0.3) is 21.8 Å². The molecule has 0 fully saturated rings. The molecule has 0 unspecified atom stereocenters. The highest BCUT2D eigenvalue weighted by atomic mass is 16.2. The van der Waals surface area contributed by atoms with E-state index in [-0.39, 0.29) is 5.91 Å². The fraction of sp³-hybridized carbons (Fsp3) is 0. The van der Waals surface area contributed by atoms with Crippen molar-refractivity contribution in [1.29, 1.82) is 0 Å². The van der Waals surface area contributed by atoms with Crippen molar-refractivity contribution in [2.24, 2.45) is 0 Å². The third kappa shape index (κ3) is 2.30. The van der Waals surface area contributed by atoms with E-state index >= 15 is 0 Å². The lowest BCUT2D eigenvalue weighted by Crippen LogP contribution is -2.43. The molecule has 0 spiro atoms. The smallest absolute Gasteiger partial charge is 0.344 e. The molecule has 0 bridgehead atoms. The summed E-state index contributed by atoms with van der Waals surface area (Å²) in [5.74, 6) is -0.378. The van der Waals surface area contributed by atoms with Crippen molar-refractivity contribution in [3.8, 4) is 0 Å². The number of hydrogen-bond donors (Lipinski definition) is 3. The Bertz CT molecular complexity index is 975. The highest BCUT2D eigenvalue weighted by Gasteiger charge is 2.13. The zero-order valence-electron chi connectivity index (χ0n) is 12.6. The van der Waals surface area contributed by atoms with Crippen molar-refractivity contribution in [2.45, 2.75) is 0 Å². The summed E-state index contributed by atoms with van der Waals surface area (Å²) in [5.41, 5.74) is 7.01. The summed E-state index contributed by atoms with van der Waals surface area (Å²) in [6.07, 6.45) is 3.29. The van der Waals surface area contributed by atoms with Crippen LogP contribution in [0.1, 0.15) is 10.4 Å². The molecule has 2 aromatic heterocycles. The van der Waals surface area contributed by atoms with E-state index in [1.807, 2.05) is 54.6 Å². The van der Waals surface area contributed by atoms with Crippen LogP contribution in [-0.4, -0.2) is 21.5 Å². The maximum atomic E-state index is 12.3. The molecule has 2 heterocycles. The Kier molecular flexibility index (Phi) is 3.28. The number of nitrogens with zero attached hydrogens (tertiary/aromatic N) is 1. The number of carbonyl (C=O) groups is 2. The molecule has 4 rings (SSSR count). The number of fused-ring (bicyclic) bond motifs is 2. The fourth-order valence-electron chi connectivity index (χ4n) is 2.76. The van der Waals surface area contributed by atoms with Crippen LogP contribution in [0, 0.1) is 0 Å². The summed E-state index contributed by atoms with van der Waals surface area (Å²) in [4.78, 5) is 27.6. The van der Waals surface area contributed by atoms with Crippen LogP contribution < -0.4 is 10.9 Å². The Morgan fingerprint density at radius 3 is 2.62 bits per heavy atom. The lowest BCUT2D eigenvalue weighted by molar-refractivity contribution is 0.0938. The normalized spacial score (nSPS) is 10.8. The molecule has 6 nitrogen and oxygen atoms in total. The summed E-state index contributed by atoms with van der Waals surface area (Å²) in [6.45, 7) is 0. The molecule has 2 amide bonds. The van der Waals surface area contributed by atoms with E-state index < -0.39 is 6.03 Å². The van der Waals surface area contributed by atoms with Gasteiger partial charge in [-0.3, -0.25) is 14.8 Å². The van der Waals surface area contributed by atoms with Crippen molar-refractivity contribution in [3.05, 3.63) is 72.6 Å². The summed E-state index contributed by atoms with van der Waals surface area (Å²) >= 11 is 0. The van der Waals surface area contributed by atoms with Gasteiger partial charge in [0.2, 0.25) is 0 Å². The van der Waals surface area contributed by atoms with Crippen LogP contribution in [0.2, 0.25) is 0 Å². The van der Waals surface area contributed by atoms with Crippen LogP contribution in [-0.2, 0) is 0 Å². The number of amides is 2. The predicted octanol–water partition coefficient (Wildman–Crippen LogP) is 3.03. The maximum Gasteiger partial charge on any atom is 0.344 e. The Morgan fingerprint density at radius 2 is 1.71 bits per heavy atom. The van der Waals surface area contributed by atoms with Gasteiger partial charge in [-0.25, -0.2) is 10.2 Å². The Hall–Kier alpha value is -3.54. The average Bonchev–Trinajstić information content (AvgIpc) is 3.23. The first-order valence-corrected chi connectivity index (χ1v) is 7.47. The largest absolute Gasteiger partial charge is 0.360 e. The second-order valence-corrected chi connectivity index (χ2v) is 5.38. The van der Waals surface area contributed by atoms with E-state index in [0.29, 0.717) is 5.56 Å².